The molecule has 0 radical (unpaired) electrons. The SMILES string of the molecule is CN(c1ncnc2[nH]ccc12)C1CC2CN(CC(F)(F)F)C[C@H]2C1. The highest BCUT2D eigenvalue weighted by molar-refractivity contribution is 5.87. The van der Waals surface area contributed by atoms with Crippen molar-refractivity contribution in [3.63, 3.8) is 0 Å². The van der Waals surface area contributed by atoms with Crippen LogP contribution in [0, 0.1) is 11.8 Å². The third-order valence-electron chi connectivity index (χ3n) is 5.42. The van der Waals surface area contributed by atoms with Crippen LogP contribution in [0.15, 0.2) is 18.6 Å². The Labute approximate surface area is 137 Å². The second kappa shape index (κ2) is 5.61. The summed E-state index contributed by atoms with van der Waals surface area (Å²) in [5, 5.41) is 0.982. The van der Waals surface area contributed by atoms with Crippen molar-refractivity contribution in [1.82, 2.24) is 19.9 Å². The van der Waals surface area contributed by atoms with Crippen LogP contribution in [0.1, 0.15) is 12.8 Å². The van der Waals surface area contributed by atoms with E-state index in [1.54, 1.807) is 11.2 Å². The van der Waals surface area contributed by atoms with Gasteiger partial charge in [0.15, 0.2) is 0 Å². The number of alkyl halides is 3. The third kappa shape index (κ3) is 2.83. The molecule has 3 heterocycles. The van der Waals surface area contributed by atoms with Crippen molar-refractivity contribution >= 4 is 16.9 Å². The maximum atomic E-state index is 12.6. The predicted molar refractivity (Wildman–Crippen MR) is 84.8 cm³/mol. The minimum atomic E-state index is -4.10. The second-order valence-electron chi connectivity index (χ2n) is 7.00. The van der Waals surface area contributed by atoms with Crippen LogP contribution >= 0.6 is 0 Å². The Morgan fingerprint density at radius 3 is 2.62 bits per heavy atom. The van der Waals surface area contributed by atoms with Crippen LogP contribution in [0.4, 0.5) is 19.0 Å². The van der Waals surface area contributed by atoms with Gasteiger partial charge in [0.25, 0.3) is 0 Å². The highest BCUT2D eigenvalue weighted by atomic mass is 19.4. The van der Waals surface area contributed by atoms with Gasteiger partial charge >= 0.3 is 6.18 Å². The number of likely N-dealkylation sites (tertiary alicyclic amines) is 1. The van der Waals surface area contributed by atoms with Gasteiger partial charge in [-0.05, 0) is 30.7 Å². The van der Waals surface area contributed by atoms with Crippen LogP contribution in [0.25, 0.3) is 11.0 Å². The molecular weight excluding hydrogens is 319 g/mol. The van der Waals surface area contributed by atoms with Crippen LogP contribution in [0.2, 0.25) is 0 Å². The van der Waals surface area contributed by atoms with E-state index in [0.29, 0.717) is 31.0 Å². The number of halogens is 3. The number of nitrogens with one attached hydrogen (secondary N) is 1. The van der Waals surface area contributed by atoms with Crippen molar-refractivity contribution in [3.05, 3.63) is 18.6 Å². The van der Waals surface area contributed by atoms with E-state index in [9.17, 15) is 13.2 Å². The largest absolute Gasteiger partial charge is 0.401 e. The highest BCUT2D eigenvalue weighted by Crippen LogP contribution is 2.42. The molecule has 2 aliphatic rings. The molecule has 5 nitrogen and oxygen atoms in total. The number of nitrogens with zero attached hydrogens (tertiary/aromatic N) is 4. The smallest absolute Gasteiger partial charge is 0.356 e. The van der Waals surface area contributed by atoms with Crippen molar-refractivity contribution in [2.45, 2.75) is 25.1 Å². The molecule has 2 fully saturated rings. The lowest BCUT2D eigenvalue weighted by Crippen LogP contribution is -2.36. The fourth-order valence-corrected chi connectivity index (χ4v) is 4.38. The molecule has 2 unspecified atom stereocenters. The Bertz CT molecular complexity index is 714. The zero-order chi connectivity index (χ0) is 16.9. The van der Waals surface area contributed by atoms with Gasteiger partial charge in [-0.15, -0.1) is 0 Å². The molecule has 1 saturated heterocycles. The molecule has 1 saturated carbocycles. The van der Waals surface area contributed by atoms with Crippen LogP contribution in [-0.4, -0.2) is 58.8 Å². The van der Waals surface area contributed by atoms with E-state index in [0.717, 1.165) is 29.7 Å². The van der Waals surface area contributed by atoms with E-state index >= 15 is 0 Å². The maximum Gasteiger partial charge on any atom is 0.401 e. The Morgan fingerprint density at radius 1 is 1.25 bits per heavy atom. The first kappa shape index (κ1) is 15.7. The van der Waals surface area contributed by atoms with Crippen molar-refractivity contribution in [3.8, 4) is 0 Å². The van der Waals surface area contributed by atoms with Gasteiger partial charge in [0, 0.05) is 32.4 Å². The maximum absolute atomic E-state index is 12.6. The average Bonchev–Trinajstić information content (AvgIpc) is 3.17. The van der Waals surface area contributed by atoms with Crippen LogP contribution in [0.5, 0.6) is 0 Å². The summed E-state index contributed by atoms with van der Waals surface area (Å²) in [6.07, 6.45) is 1.13. The molecule has 0 amide bonds. The van der Waals surface area contributed by atoms with Gasteiger partial charge in [-0.2, -0.15) is 13.2 Å². The summed E-state index contributed by atoms with van der Waals surface area (Å²) < 4.78 is 37.7. The summed E-state index contributed by atoms with van der Waals surface area (Å²) in [7, 11) is 2.02. The van der Waals surface area contributed by atoms with E-state index in [1.165, 1.54) is 0 Å². The molecule has 0 aromatic carbocycles. The molecule has 130 valence electrons. The molecule has 1 aliphatic heterocycles. The molecule has 0 spiro atoms. The molecule has 1 aliphatic carbocycles. The van der Waals surface area contributed by atoms with Gasteiger partial charge < -0.3 is 9.88 Å². The molecule has 2 aromatic heterocycles. The highest BCUT2D eigenvalue weighted by Gasteiger charge is 2.45. The Morgan fingerprint density at radius 2 is 1.96 bits per heavy atom. The van der Waals surface area contributed by atoms with Gasteiger partial charge in [-0.3, -0.25) is 4.90 Å². The molecule has 3 atom stereocenters. The van der Waals surface area contributed by atoms with E-state index in [-0.39, 0.29) is 0 Å². The summed E-state index contributed by atoms with van der Waals surface area (Å²) in [4.78, 5) is 15.4. The Hall–Kier alpha value is -1.83. The number of H-pyrrole nitrogens is 1. The summed E-state index contributed by atoms with van der Waals surface area (Å²) in [5.41, 5.74) is 0.807. The van der Waals surface area contributed by atoms with E-state index in [4.69, 9.17) is 0 Å². The lowest BCUT2D eigenvalue weighted by atomic mass is 10.0. The fraction of sp³-hybridized carbons (Fsp3) is 0.625. The van der Waals surface area contributed by atoms with Crippen LogP contribution in [0.3, 0.4) is 0 Å². The lowest BCUT2D eigenvalue weighted by Gasteiger charge is -2.28. The molecule has 4 rings (SSSR count). The van der Waals surface area contributed by atoms with Crippen molar-refractivity contribution in [2.75, 3.05) is 31.6 Å². The van der Waals surface area contributed by atoms with Gasteiger partial charge in [0.1, 0.15) is 17.8 Å². The summed E-state index contributed by atoms with van der Waals surface area (Å²) in [5.74, 6) is 1.59. The first-order chi connectivity index (χ1) is 11.4. The van der Waals surface area contributed by atoms with Gasteiger partial charge in [-0.1, -0.05) is 0 Å². The number of hydrogen-bond acceptors (Lipinski definition) is 4. The van der Waals surface area contributed by atoms with Crippen LogP contribution in [-0.2, 0) is 0 Å². The zero-order valence-electron chi connectivity index (χ0n) is 13.4. The second-order valence-corrected chi connectivity index (χ2v) is 7.00. The van der Waals surface area contributed by atoms with E-state index < -0.39 is 12.7 Å². The molecule has 0 bridgehead atoms. The zero-order valence-corrected chi connectivity index (χ0v) is 13.4. The summed E-state index contributed by atoms with van der Waals surface area (Å²) >= 11 is 0. The number of rotatable bonds is 3. The lowest BCUT2D eigenvalue weighted by molar-refractivity contribution is -0.144. The average molecular weight is 339 g/mol. The standard InChI is InChI=1S/C16H20F3N5/c1-23(15-13-2-3-20-14(13)21-9-22-15)12-4-10-6-24(7-11(10)5-12)8-16(17,18)19/h2-3,9-12H,4-8H2,1H3,(H,20,21,22)/t10-,11?,12?/m1/s1. The van der Waals surface area contributed by atoms with Gasteiger partial charge in [0.2, 0.25) is 0 Å². The minimum Gasteiger partial charge on any atom is -0.356 e. The quantitative estimate of drug-likeness (QED) is 0.934. The summed E-state index contributed by atoms with van der Waals surface area (Å²) in [6.45, 7) is 0.325. The normalized spacial score (nSPS) is 27.8. The first-order valence-corrected chi connectivity index (χ1v) is 8.21. The predicted octanol–water partition coefficient (Wildman–Crippen LogP) is 2.67. The minimum absolute atomic E-state index is 0.320. The topological polar surface area (TPSA) is 48.1 Å². The molecular formula is C16H20F3N5. The molecule has 2 aromatic rings. The van der Waals surface area contributed by atoms with Gasteiger partial charge in [0.05, 0.1) is 11.9 Å². The number of hydrogen-bond donors (Lipinski definition) is 1. The molecule has 1 N–H and O–H groups in total. The number of fused-ring (bicyclic) bond motifs is 2. The van der Waals surface area contributed by atoms with E-state index in [1.807, 2.05) is 19.3 Å². The summed E-state index contributed by atoms with van der Waals surface area (Å²) in [6, 6.07) is 2.28. The van der Waals surface area contributed by atoms with Crippen molar-refractivity contribution < 1.29 is 13.2 Å². The Balaban J connectivity index is 1.44. The van der Waals surface area contributed by atoms with Crippen molar-refractivity contribution in [2.24, 2.45) is 11.8 Å². The number of aromatic nitrogens is 3. The number of anilines is 1. The van der Waals surface area contributed by atoms with Gasteiger partial charge in [-0.25, -0.2) is 9.97 Å². The molecule has 24 heavy (non-hydrogen) atoms. The Kier molecular flexibility index (Phi) is 3.67. The third-order valence-corrected chi connectivity index (χ3v) is 5.42. The van der Waals surface area contributed by atoms with Crippen molar-refractivity contribution in [1.29, 1.82) is 0 Å². The first-order valence-electron chi connectivity index (χ1n) is 8.21. The van der Waals surface area contributed by atoms with E-state index in [2.05, 4.69) is 19.9 Å². The fourth-order valence-electron chi connectivity index (χ4n) is 4.38. The van der Waals surface area contributed by atoms with Crippen LogP contribution < -0.4 is 4.90 Å². The number of aromatic amines is 1. The monoisotopic (exact) mass is 339 g/mol. The molecule has 8 heteroatoms.